The van der Waals surface area contributed by atoms with Gasteiger partial charge in [0, 0.05) is 12.1 Å². The van der Waals surface area contributed by atoms with Gasteiger partial charge in [0.25, 0.3) is 5.91 Å². The topological polar surface area (TPSA) is 89.3 Å². The molecule has 1 aliphatic rings. The maximum atomic E-state index is 12.7. The van der Waals surface area contributed by atoms with E-state index in [1.54, 1.807) is 36.4 Å². The van der Waals surface area contributed by atoms with Crippen LogP contribution in [0.4, 0.5) is 0 Å². The van der Waals surface area contributed by atoms with Gasteiger partial charge in [0.15, 0.2) is 9.84 Å². The standard InChI is InChI=1S/C20H24N2O3S/c1-20(14-21,17-10-11-17)22-19(23)16-8-5-9-18(12-16)26(24,25)13-15-6-3-2-4-7-15/h2-9,12,17H,10-11,13-14,21H2,1H3,(H,22,23). The van der Waals surface area contributed by atoms with Crippen LogP contribution in [-0.4, -0.2) is 26.4 Å². The van der Waals surface area contributed by atoms with E-state index < -0.39 is 15.4 Å². The van der Waals surface area contributed by atoms with Gasteiger partial charge in [0.2, 0.25) is 0 Å². The van der Waals surface area contributed by atoms with E-state index in [0.717, 1.165) is 12.8 Å². The summed E-state index contributed by atoms with van der Waals surface area (Å²) in [5.74, 6) is 0.00432. The molecule has 0 saturated heterocycles. The van der Waals surface area contributed by atoms with Crippen LogP contribution < -0.4 is 11.1 Å². The Morgan fingerprint density at radius 3 is 2.46 bits per heavy atom. The van der Waals surface area contributed by atoms with Crippen molar-refractivity contribution < 1.29 is 13.2 Å². The largest absolute Gasteiger partial charge is 0.345 e. The molecule has 3 N–H and O–H groups in total. The Kier molecular flexibility index (Phi) is 5.16. The predicted molar refractivity (Wildman–Crippen MR) is 101 cm³/mol. The summed E-state index contributed by atoms with van der Waals surface area (Å²) >= 11 is 0. The maximum absolute atomic E-state index is 12.7. The number of carbonyl (C=O) groups is 1. The molecule has 1 amide bonds. The first-order chi connectivity index (χ1) is 12.3. The zero-order valence-corrected chi connectivity index (χ0v) is 15.6. The molecule has 1 saturated carbocycles. The number of nitrogens with two attached hydrogens (primary N) is 1. The molecule has 0 aromatic heterocycles. The monoisotopic (exact) mass is 372 g/mol. The van der Waals surface area contributed by atoms with Crippen LogP contribution in [-0.2, 0) is 15.6 Å². The Hall–Kier alpha value is -2.18. The van der Waals surface area contributed by atoms with Crippen molar-refractivity contribution in [3.05, 3.63) is 65.7 Å². The number of amides is 1. The number of rotatable bonds is 7. The highest BCUT2D eigenvalue weighted by Gasteiger charge is 2.41. The quantitative estimate of drug-likeness (QED) is 0.781. The van der Waals surface area contributed by atoms with Crippen molar-refractivity contribution in [1.29, 1.82) is 0 Å². The van der Waals surface area contributed by atoms with Crippen LogP contribution in [0.25, 0.3) is 0 Å². The third-order valence-corrected chi connectivity index (χ3v) is 6.64. The zero-order chi connectivity index (χ0) is 18.8. The molecule has 26 heavy (non-hydrogen) atoms. The van der Waals surface area contributed by atoms with Crippen LogP contribution >= 0.6 is 0 Å². The second kappa shape index (κ2) is 7.21. The minimum atomic E-state index is -3.53. The lowest BCUT2D eigenvalue weighted by molar-refractivity contribution is 0.0897. The van der Waals surface area contributed by atoms with Gasteiger partial charge in [0.05, 0.1) is 16.2 Å². The highest BCUT2D eigenvalue weighted by molar-refractivity contribution is 7.90. The molecule has 3 rings (SSSR count). The van der Waals surface area contributed by atoms with Gasteiger partial charge < -0.3 is 11.1 Å². The van der Waals surface area contributed by atoms with E-state index in [1.165, 1.54) is 12.1 Å². The fourth-order valence-corrected chi connectivity index (χ4v) is 4.47. The Balaban J connectivity index is 1.80. The molecule has 6 heteroatoms. The molecule has 1 fully saturated rings. The third kappa shape index (κ3) is 4.14. The maximum Gasteiger partial charge on any atom is 0.251 e. The van der Waals surface area contributed by atoms with Gasteiger partial charge in [-0.15, -0.1) is 0 Å². The lowest BCUT2D eigenvalue weighted by atomic mass is 9.95. The summed E-state index contributed by atoms with van der Waals surface area (Å²) in [5, 5.41) is 2.99. The van der Waals surface area contributed by atoms with E-state index in [2.05, 4.69) is 5.32 Å². The lowest BCUT2D eigenvalue weighted by Gasteiger charge is -2.29. The van der Waals surface area contributed by atoms with E-state index in [9.17, 15) is 13.2 Å². The minimum Gasteiger partial charge on any atom is -0.345 e. The number of hydrogen-bond acceptors (Lipinski definition) is 4. The molecule has 2 aromatic carbocycles. The van der Waals surface area contributed by atoms with Gasteiger partial charge in [-0.05, 0) is 49.4 Å². The summed E-state index contributed by atoms with van der Waals surface area (Å²) in [5.41, 5.74) is 6.45. The first-order valence-corrected chi connectivity index (χ1v) is 10.4. The molecule has 0 bridgehead atoms. The summed E-state index contributed by atoms with van der Waals surface area (Å²) in [6.45, 7) is 2.30. The number of benzene rings is 2. The molecule has 2 aromatic rings. The zero-order valence-electron chi connectivity index (χ0n) is 14.8. The Morgan fingerprint density at radius 2 is 1.85 bits per heavy atom. The van der Waals surface area contributed by atoms with E-state index >= 15 is 0 Å². The second-order valence-corrected chi connectivity index (χ2v) is 9.11. The van der Waals surface area contributed by atoms with Gasteiger partial charge in [-0.2, -0.15) is 0 Å². The minimum absolute atomic E-state index is 0.0957. The molecule has 0 heterocycles. The summed E-state index contributed by atoms with van der Waals surface area (Å²) in [7, 11) is -3.53. The Labute approximate surface area is 154 Å². The summed E-state index contributed by atoms with van der Waals surface area (Å²) in [4.78, 5) is 12.8. The molecular formula is C20H24N2O3S. The van der Waals surface area contributed by atoms with Crippen LogP contribution in [0.2, 0.25) is 0 Å². The third-order valence-electron chi connectivity index (χ3n) is 4.96. The first kappa shape index (κ1) is 18.6. The Morgan fingerprint density at radius 1 is 1.15 bits per heavy atom. The molecule has 0 aliphatic heterocycles. The second-order valence-electron chi connectivity index (χ2n) is 7.12. The van der Waals surface area contributed by atoms with Crippen molar-refractivity contribution in [2.45, 2.75) is 36.0 Å². The van der Waals surface area contributed by atoms with Crippen molar-refractivity contribution in [1.82, 2.24) is 5.32 Å². The van der Waals surface area contributed by atoms with Crippen molar-refractivity contribution in [2.75, 3.05) is 6.54 Å². The summed E-state index contributed by atoms with van der Waals surface area (Å²) in [6, 6.07) is 15.2. The average molecular weight is 372 g/mol. The van der Waals surface area contributed by atoms with Crippen molar-refractivity contribution in [3.63, 3.8) is 0 Å². The van der Waals surface area contributed by atoms with Gasteiger partial charge in [0.1, 0.15) is 0 Å². The van der Waals surface area contributed by atoms with Crippen LogP contribution in [0, 0.1) is 5.92 Å². The van der Waals surface area contributed by atoms with Crippen LogP contribution in [0.15, 0.2) is 59.5 Å². The molecule has 0 spiro atoms. The van der Waals surface area contributed by atoms with Gasteiger partial charge >= 0.3 is 0 Å². The predicted octanol–water partition coefficient (Wildman–Crippen LogP) is 2.52. The fraction of sp³-hybridized carbons (Fsp3) is 0.350. The van der Waals surface area contributed by atoms with Crippen LogP contribution in [0.5, 0.6) is 0 Å². The summed E-state index contributed by atoms with van der Waals surface area (Å²) in [6.07, 6.45) is 2.11. The Bertz CT molecular complexity index is 892. The molecule has 1 atom stereocenters. The number of nitrogens with one attached hydrogen (secondary N) is 1. The highest BCUT2D eigenvalue weighted by Crippen LogP contribution is 2.39. The van der Waals surface area contributed by atoms with E-state index in [-0.39, 0.29) is 16.6 Å². The van der Waals surface area contributed by atoms with Gasteiger partial charge in [-0.1, -0.05) is 36.4 Å². The normalized spacial score (nSPS) is 16.7. The lowest BCUT2D eigenvalue weighted by Crippen LogP contribution is -2.53. The molecule has 0 radical (unpaired) electrons. The highest BCUT2D eigenvalue weighted by atomic mass is 32.2. The van der Waals surface area contributed by atoms with Gasteiger partial charge in [-0.3, -0.25) is 4.79 Å². The van der Waals surface area contributed by atoms with Gasteiger partial charge in [-0.25, -0.2) is 8.42 Å². The number of hydrogen-bond donors (Lipinski definition) is 2. The average Bonchev–Trinajstić information content (AvgIpc) is 3.48. The van der Waals surface area contributed by atoms with E-state index in [1.807, 2.05) is 13.0 Å². The molecule has 138 valence electrons. The molecule has 5 nitrogen and oxygen atoms in total. The van der Waals surface area contributed by atoms with Crippen LogP contribution in [0.1, 0.15) is 35.7 Å². The first-order valence-electron chi connectivity index (χ1n) is 8.73. The van der Waals surface area contributed by atoms with Crippen molar-refractivity contribution in [2.24, 2.45) is 11.7 Å². The molecule has 1 aliphatic carbocycles. The van der Waals surface area contributed by atoms with E-state index in [4.69, 9.17) is 5.73 Å². The smallest absolute Gasteiger partial charge is 0.251 e. The molecular weight excluding hydrogens is 348 g/mol. The molecule has 1 unspecified atom stereocenters. The number of sulfone groups is 1. The SMILES string of the molecule is CC(CN)(NC(=O)c1cccc(S(=O)(=O)Cc2ccccc2)c1)C1CC1. The van der Waals surface area contributed by atoms with Crippen molar-refractivity contribution in [3.8, 4) is 0 Å². The fourth-order valence-electron chi connectivity index (χ4n) is 3.08. The van der Waals surface area contributed by atoms with Crippen LogP contribution in [0.3, 0.4) is 0 Å². The van der Waals surface area contributed by atoms with Crippen molar-refractivity contribution >= 4 is 15.7 Å². The summed E-state index contributed by atoms with van der Waals surface area (Å²) < 4.78 is 25.4. The van der Waals surface area contributed by atoms with E-state index in [0.29, 0.717) is 23.6 Å². The number of carbonyl (C=O) groups excluding carboxylic acids is 1.